The summed E-state index contributed by atoms with van der Waals surface area (Å²) < 4.78 is 35.3. The first kappa shape index (κ1) is 18.7. The van der Waals surface area contributed by atoms with Crippen molar-refractivity contribution >= 4 is 21.4 Å². The molecule has 0 amide bonds. The fourth-order valence-electron chi connectivity index (χ4n) is 2.73. The molecule has 2 rings (SSSR count). The molecule has 0 N–H and O–H groups in total. The smallest absolute Gasteiger partial charge is 0.175 e. The molecule has 1 heterocycles. The van der Waals surface area contributed by atoms with Gasteiger partial charge in [0.25, 0.3) is 0 Å². The third-order valence-corrected chi connectivity index (χ3v) is 5.59. The van der Waals surface area contributed by atoms with Crippen molar-refractivity contribution in [2.24, 2.45) is 0 Å². The highest BCUT2D eigenvalue weighted by molar-refractivity contribution is 7.90. The number of benzene rings is 1. The van der Waals surface area contributed by atoms with Crippen LogP contribution in [-0.4, -0.2) is 34.0 Å². The Balaban J connectivity index is 2.29. The van der Waals surface area contributed by atoms with Crippen LogP contribution in [0.1, 0.15) is 44.7 Å². The van der Waals surface area contributed by atoms with Gasteiger partial charge in [-0.2, -0.15) is 0 Å². The van der Waals surface area contributed by atoms with Crippen molar-refractivity contribution in [3.63, 3.8) is 0 Å². The zero-order valence-electron chi connectivity index (χ0n) is 14.2. The molecule has 6 heteroatoms. The Kier molecular flexibility index (Phi) is 5.77. The molecule has 0 aliphatic carbocycles. The standard InChI is InChI=1S/C17H25ClO4S/c1-17(2,3)14-7-8-15(23(4,19)20)13(16(14)18)11-21-10-12-6-5-9-22-12/h7-8,12H,5-6,9-11H2,1-4H3. The molecule has 0 aromatic heterocycles. The maximum atomic E-state index is 12.0. The first-order valence-electron chi connectivity index (χ1n) is 7.82. The summed E-state index contributed by atoms with van der Waals surface area (Å²) >= 11 is 6.52. The van der Waals surface area contributed by atoms with E-state index in [2.05, 4.69) is 0 Å². The second kappa shape index (κ2) is 7.09. The molecular formula is C17H25ClO4S. The molecule has 1 unspecified atom stereocenters. The molecule has 1 aromatic carbocycles. The van der Waals surface area contributed by atoms with E-state index in [4.69, 9.17) is 21.1 Å². The van der Waals surface area contributed by atoms with Gasteiger partial charge >= 0.3 is 0 Å². The van der Waals surface area contributed by atoms with Gasteiger partial charge in [-0.15, -0.1) is 0 Å². The highest BCUT2D eigenvalue weighted by atomic mass is 35.5. The highest BCUT2D eigenvalue weighted by Crippen LogP contribution is 2.35. The molecule has 1 aromatic rings. The summed E-state index contributed by atoms with van der Waals surface area (Å²) in [5.74, 6) is 0. The maximum absolute atomic E-state index is 12.0. The van der Waals surface area contributed by atoms with E-state index in [1.54, 1.807) is 12.1 Å². The molecule has 1 aliphatic rings. The Morgan fingerprint density at radius 1 is 1.35 bits per heavy atom. The number of ether oxygens (including phenoxy) is 2. The second-order valence-electron chi connectivity index (χ2n) is 7.08. The summed E-state index contributed by atoms with van der Waals surface area (Å²) in [6.45, 7) is 7.54. The van der Waals surface area contributed by atoms with Crippen molar-refractivity contribution < 1.29 is 17.9 Å². The highest BCUT2D eigenvalue weighted by Gasteiger charge is 2.25. The van der Waals surface area contributed by atoms with E-state index < -0.39 is 9.84 Å². The van der Waals surface area contributed by atoms with Gasteiger partial charge in [0.05, 0.1) is 29.2 Å². The summed E-state index contributed by atoms with van der Waals surface area (Å²) in [5.41, 5.74) is 1.29. The van der Waals surface area contributed by atoms with Crippen molar-refractivity contribution in [2.75, 3.05) is 19.5 Å². The van der Waals surface area contributed by atoms with Crippen LogP contribution in [0.15, 0.2) is 17.0 Å². The van der Waals surface area contributed by atoms with E-state index >= 15 is 0 Å². The van der Waals surface area contributed by atoms with Gasteiger partial charge in [0.2, 0.25) is 0 Å². The minimum absolute atomic E-state index is 0.0984. The molecule has 1 atom stereocenters. The van der Waals surface area contributed by atoms with Crippen LogP contribution in [-0.2, 0) is 31.3 Å². The van der Waals surface area contributed by atoms with Gasteiger partial charge in [-0.1, -0.05) is 38.4 Å². The second-order valence-corrected chi connectivity index (χ2v) is 9.44. The molecule has 0 spiro atoms. The van der Waals surface area contributed by atoms with E-state index in [9.17, 15) is 8.42 Å². The SMILES string of the molecule is CC(C)(C)c1ccc(S(C)(=O)=O)c(COCC2CCCO2)c1Cl. The van der Waals surface area contributed by atoms with E-state index in [-0.39, 0.29) is 23.0 Å². The lowest BCUT2D eigenvalue weighted by Crippen LogP contribution is -2.17. The molecule has 130 valence electrons. The lowest BCUT2D eigenvalue weighted by atomic mass is 9.86. The molecular weight excluding hydrogens is 336 g/mol. The quantitative estimate of drug-likeness (QED) is 0.802. The topological polar surface area (TPSA) is 52.6 Å². The molecule has 0 saturated carbocycles. The third kappa shape index (κ3) is 4.69. The molecule has 1 saturated heterocycles. The number of halogens is 1. The fraction of sp³-hybridized carbons (Fsp3) is 0.647. The summed E-state index contributed by atoms with van der Waals surface area (Å²) in [5, 5.41) is 0.479. The Labute approximate surface area is 144 Å². The molecule has 4 nitrogen and oxygen atoms in total. The van der Waals surface area contributed by atoms with Crippen LogP contribution in [0.2, 0.25) is 5.02 Å². The van der Waals surface area contributed by atoms with Gasteiger partial charge in [-0.25, -0.2) is 8.42 Å². The number of rotatable bonds is 5. The van der Waals surface area contributed by atoms with Crippen LogP contribution in [0.3, 0.4) is 0 Å². The predicted octanol–water partition coefficient (Wildman–Crippen LogP) is 3.74. The monoisotopic (exact) mass is 360 g/mol. The van der Waals surface area contributed by atoms with Crippen molar-refractivity contribution in [3.8, 4) is 0 Å². The number of hydrogen-bond acceptors (Lipinski definition) is 4. The van der Waals surface area contributed by atoms with Gasteiger partial charge in [0.1, 0.15) is 0 Å². The van der Waals surface area contributed by atoms with E-state index in [1.165, 1.54) is 6.26 Å². The van der Waals surface area contributed by atoms with Gasteiger partial charge < -0.3 is 9.47 Å². The number of sulfone groups is 1. The zero-order chi connectivity index (χ0) is 17.3. The van der Waals surface area contributed by atoms with Gasteiger partial charge in [0, 0.05) is 18.4 Å². The van der Waals surface area contributed by atoms with Crippen molar-refractivity contribution in [2.45, 2.75) is 56.6 Å². The Morgan fingerprint density at radius 2 is 2.04 bits per heavy atom. The average Bonchev–Trinajstić information content (AvgIpc) is 2.90. The van der Waals surface area contributed by atoms with Gasteiger partial charge in [0.15, 0.2) is 9.84 Å². The summed E-state index contributed by atoms with van der Waals surface area (Å²) in [7, 11) is -3.36. The van der Waals surface area contributed by atoms with E-state index in [0.29, 0.717) is 17.2 Å². The van der Waals surface area contributed by atoms with Gasteiger partial charge in [-0.3, -0.25) is 0 Å². The largest absolute Gasteiger partial charge is 0.376 e. The first-order valence-corrected chi connectivity index (χ1v) is 10.1. The van der Waals surface area contributed by atoms with E-state index in [1.807, 2.05) is 20.8 Å². The zero-order valence-corrected chi connectivity index (χ0v) is 15.8. The van der Waals surface area contributed by atoms with Crippen LogP contribution >= 0.6 is 11.6 Å². The van der Waals surface area contributed by atoms with Crippen LogP contribution < -0.4 is 0 Å². The normalized spacial score (nSPS) is 19.3. The third-order valence-electron chi connectivity index (χ3n) is 3.98. The lowest BCUT2D eigenvalue weighted by Gasteiger charge is -2.23. The minimum Gasteiger partial charge on any atom is -0.376 e. The van der Waals surface area contributed by atoms with Crippen LogP contribution in [0.5, 0.6) is 0 Å². The van der Waals surface area contributed by atoms with E-state index in [0.717, 1.165) is 25.0 Å². The Hall–Kier alpha value is -0.620. The average molecular weight is 361 g/mol. The fourth-order valence-corrected chi connectivity index (χ4v) is 4.22. The molecule has 1 aliphatic heterocycles. The number of hydrogen-bond donors (Lipinski definition) is 0. The van der Waals surface area contributed by atoms with Crippen LogP contribution in [0.4, 0.5) is 0 Å². The van der Waals surface area contributed by atoms with Crippen molar-refractivity contribution in [1.82, 2.24) is 0 Å². The minimum atomic E-state index is -3.36. The predicted molar refractivity (Wildman–Crippen MR) is 91.9 cm³/mol. The first-order chi connectivity index (χ1) is 10.6. The summed E-state index contributed by atoms with van der Waals surface area (Å²) in [6.07, 6.45) is 3.32. The van der Waals surface area contributed by atoms with Crippen molar-refractivity contribution in [3.05, 3.63) is 28.3 Å². The molecule has 0 radical (unpaired) electrons. The summed E-state index contributed by atoms with van der Waals surface area (Å²) in [6, 6.07) is 3.43. The lowest BCUT2D eigenvalue weighted by molar-refractivity contribution is 0.00998. The Morgan fingerprint density at radius 3 is 2.57 bits per heavy atom. The summed E-state index contributed by atoms with van der Waals surface area (Å²) in [4.78, 5) is 0.239. The van der Waals surface area contributed by atoms with Crippen LogP contribution in [0.25, 0.3) is 0 Å². The molecule has 0 bridgehead atoms. The maximum Gasteiger partial charge on any atom is 0.175 e. The van der Waals surface area contributed by atoms with Crippen LogP contribution in [0, 0.1) is 0 Å². The van der Waals surface area contributed by atoms with Gasteiger partial charge in [-0.05, 0) is 29.9 Å². The molecule has 1 fully saturated rings. The Bertz CT molecular complexity index is 656. The molecule has 23 heavy (non-hydrogen) atoms. The van der Waals surface area contributed by atoms with Crippen molar-refractivity contribution in [1.29, 1.82) is 0 Å².